The molecule has 0 amide bonds. The number of allylic oxidation sites excluding steroid dienone is 20. The van der Waals surface area contributed by atoms with Gasteiger partial charge in [0.2, 0.25) is 0 Å². The molecule has 0 aromatic heterocycles. The number of hydrogen-bond donors (Lipinski definition) is 3. The highest BCUT2D eigenvalue weighted by Gasteiger charge is 2.30. The molecule has 0 aromatic rings. The number of aliphatic hydroxyl groups excluding tert-OH is 1. The van der Waals surface area contributed by atoms with Crippen molar-refractivity contribution in [2.75, 3.05) is 39.6 Å². The first-order valence-electron chi connectivity index (χ1n) is 39.8. The minimum absolute atomic E-state index is 0.0713. The minimum Gasteiger partial charge on any atom is -0.462 e. The van der Waals surface area contributed by atoms with Gasteiger partial charge in [-0.1, -0.05) is 290 Å². The molecule has 0 saturated heterocycles. The maximum absolute atomic E-state index is 13.1. The van der Waals surface area contributed by atoms with E-state index in [0.717, 1.165) is 148 Å². The van der Waals surface area contributed by atoms with Crippen LogP contribution in [-0.4, -0.2) is 96.7 Å². The number of unbranched alkanes of at least 4 members (excludes halogenated alkanes) is 28. The molecule has 0 heterocycles. The average molecular weight is 1470 g/mol. The van der Waals surface area contributed by atoms with Gasteiger partial charge >= 0.3 is 39.5 Å². The number of esters is 4. The smallest absolute Gasteiger partial charge is 0.462 e. The van der Waals surface area contributed by atoms with Crippen LogP contribution in [0.5, 0.6) is 0 Å². The number of carbonyl (C=O) groups excluding carboxylic acids is 4. The second-order valence-electron chi connectivity index (χ2n) is 26.2. The zero-order valence-electron chi connectivity index (χ0n) is 64.0. The first kappa shape index (κ1) is 97.5. The van der Waals surface area contributed by atoms with Crippen molar-refractivity contribution < 1.29 is 80.2 Å². The van der Waals surface area contributed by atoms with Crippen LogP contribution in [0.1, 0.15) is 323 Å². The summed E-state index contributed by atoms with van der Waals surface area (Å²) in [6.07, 6.45) is 81.8. The fraction of sp³-hybridized carbons (Fsp3) is 0.711. The molecule has 0 fully saturated rings. The van der Waals surface area contributed by atoms with Crippen LogP contribution in [-0.2, 0) is 65.4 Å². The molecule has 0 bridgehead atoms. The highest BCUT2D eigenvalue weighted by atomic mass is 31.2. The summed E-state index contributed by atoms with van der Waals surface area (Å²) < 4.78 is 68.5. The largest absolute Gasteiger partial charge is 0.472 e. The summed E-state index contributed by atoms with van der Waals surface area (Å²) in [6, 6.07) is 0. The molecule has 0 radical (unpaired) electrons. The molecule has 5 atom stereocenters. The lowest BCUT2D eigenvalue weighted by Crippen LogP contribution is -2.30. The van der Waals surface area contributed by atoms with E-state index in [1.165, 1.54) is 89.9 Å². The molecule has 0 saturated carbocycles. The Hall–Kier alpha value is -4.54. The van der Waals surface area contributed by atoms with Gasteiger partial charge in [0.25, 0.3) is 0 Å². The molecule has 17 nitrogen and oxygen atoms in total. The van der Waals surface area contributed by atoms with Crippen LogP contribution in [0.25, 0.3) is 0 Å². The van der Waals surface area contributed by atoms with Gasteiger partial charge < -0.3 is 33.8 Å². The zero-order chi connectivity index (χ0) is 74.6. The summed E-state index contributed by atoms with van der Waals surface area (Å²) in [5.41, 5.74) is 0. The highest BCUT2D eigenvalue weighted by molar-refractivity contribution is 7.47. The molecular formula is C83H142O17P2. The second-order valence-corrected chi connectivity index (χ2v) is 29.2. The van der Waals surface area contributed by atoms with Crippen LogP contribution >= 0.6 is 15.6 Å². The Balaban J connectivity index is 5.42. The van der Waals surface area contributed by atoms with E-state index < -0.39 is 97.5 Å². The SMILES string of the molecule is CC/C=C\C/C=C\C/C=C\C/C=C\C/C=C\CCCC(=O)OCC(COP(=O)(O)OCC(O)COP(=O)(O)OCC(COC(=O)CCCCCC/C=C\C/C=C\C/C=C\C/C=C\CC)OC(=O)CCCCCCCCCCCCCCC)OC(=O)CCCCCCC/C=C\CCCCCCCC. The fourth-order valence-corrected chi connectivity index (χ4v) is 12.0. The normalized spacial score (nSPS) is 14.5. The number of ether oxygens (including phenoxy) is 4. The summed E-state index contributed by atoms with van der Waals surface area (Å²) in [6.45, 7) is 4.57. The van der Waals surface area contributed by atoms with Crippen LogP contribution < -0.4 is 0 Å². The lowest BCUT2D eigenvalue weighted by molar-refractivity contribution is -0.161. The Bertz CT molecular complexity index is 2410. The minimum atomic E-state index is -4.99. The number of carbonyl (C=O) groups is 4. The Morgan fingerprint density at radius 2 is 0.520 bits per heavy atom. The van der Waals surface area contributed by atoms with Crippen molar-refractivity contribution in [2.24, 2.45) is 0 Å². The number of phosphoric ester groups is 2. The quantitative estimate of drug-likeness (QED) is 0.0169. The lowest BCUT2D eigenvalue weighted by atomic mass is 10.0. The molecule has 5 unspecified atom stereocenters. The van der Waals surface area contributed by atoms with Crippen molar-refractivity contribution in [1.29, 1.82) is 0 Å². The summed E-state index contributed by atoms with van der Waals surface area (Å²) in [7, 11) is -9.98. The van der Waals surface area contributed by atoms with E-state index in [2.05, 4.69) is 137 Å². The Morgan fingerprint density at radius 1 is 0.284 bits per heavy atom. The van der Waals surface area contributed by atoms with Gasteiger partial charge in [0.05, 0.1) is 26.4 Å². The summed E-state index contributed by atoms with van der Waals surface area (Å²) in [5, 5.41) is 10.6. The zero-order valence-corrected chi connectivity index (χ0v) is 65.8. The Morgan fingerprint density at radius 3 is 0.833 bits per heavy atom. The molecule has 0 aliphatic rings. The third-order valence-electron chi connectivity index (χ3n) is 16.4. The van der Waals surface area contributed by atoms with Crippen molar-refractivity contribution >= 4 is 39.5 Å². The van der Waals surface area contributed by atoms with E-state index in [4.69, 9.17) is 37.0 Å². The Kier molecular flexibility index (Phi) is 71.4. The van der Waals surface area contributed by atoms with Gasteiger partial charge in [-0.3, -0.25) is 37.3 Å². The molecule has 0 aliphatic heterocycles. The number of hydrogen-bond acceptors (Lipinski definition) is 15. The molecule has 19 heteroatoms. The van der Waals surface area contributed by atoms with Gasteiger partial charge in [0.15, 0.2) is 12.2 Å². The van der Waals surface area contributed by atoms with Crippen molar-refractivity contribution in [3.63, 3.8) is 0 Å². The van der Waals surface area contributed by atoms with Crippen molar-refractivity contribution in [2.45, 2.75) is 341 Å². The van der Waals surface area contributed by atoms with Gasteiger partial charge in [0.1, 0.15) is 19.3 Å². The van der Waals surface area contributed by atoms with E-state index in [1.807, 2.05) is 12.2 Å². The first-order chi connectivity index (χ1) is 49.7. The van der Waals surface area contributed by atoms with Crippen LogP contribution in [0.2, 0.25) is 0 Å². The van der Waals surface area contributed by atoms with Crippen LogP contribution in [0.15, 0.2) is 122 Å². The predicted molar refractivity (Wildman–Crippen MR) is 418 cm³/mol. The lowest BCUT2D eigenvalue weighted by Gasteiger charge is -2.21. The number of rotatable bonds is 74. The number of phosphoric acid groups is 2. The van der Waals surface area contributed by atoms with Gasteiger partial charge in [-0.05, 0) is 128 Å². The first-order valence-corrected chi connectivity index (χ1v) is 42.8. The summed E-state index contributed by atoms with van der Waals surface area (Å²) in [4.78, 5) is 73.0. The Labute approximate surface area is 619 Å². The standard InChI is InChI=1S/C83H142O17P2/c1-5-9-13-17-21-25-29-33-36-38-41-44-47-51-55-59-63-67-80(85)93-73-78(99-82(87)69-65-61-57-53-49-43-32-28-24-20-16-12-8-4)75-97-101(89,90)95-71-77(84)72-96-102(91,92)98-76-79(100-83(88)70-66-62-58-54-50-46-40-35-31-27-23-19-15-11-7-3)74-94-81(86)68-64-60-56-52-48-45-42-39-37-34-30-26-22-18-14-10-6-2/h9-10,13-14,21-22,25-26,33-37,40-42,44-45,52,56,77-79,84H,5-8,11-12,15-20,23-24,27-32,38-39,43,46-51,53-55,57-76H2,1-4H3,(H,89,90)(H,91,92)/b13-9-,14-10-,25-21-,26-22-,36-33-,37-34-,40-35-,44-41-,45-42-,56-52-. The van der Waals surface area contributed by atoms with E-state index in [0.29, 0.717) is 32.1 Å². The average Bonchev–Trinajstić information content (AvgIpc) is 0.939. The monoisotopic (exact) mass is 1470 g/mol. The molecule has 0 spiro atoms. The van der Waals surface area contributed by atoms with Gasteiger partial charge in [-0.25, -0.2) is 9.13 Å². The fourth-order valence-electron chi connectivity index (χ4n) is 10.4. The maximum Gasteiger partial charge on any atom is 0.472 e. The van der Waals surface area contributed by atoms with Crippen molar-refractivity contribution in [3.05, 3.63) is 122 Å². The van der Waals surface area contributed by atoms with Crippen LogP contribution in [0.4, 0.5) is 0 Å². The van der Waals surface area contributed by atoms with Gasteiger partial charge in [-0.2, -0.15) is 0 Å². The topological polar surface area (TPSA) is 237 Å². The van der Waals surface area contributed by atoms with Crippen molar-refractivity contribution in [1.82, 2.24) is 0 Å². The third-order valence-corrected chi connectivity index (χ3v) is 18.3. The van der Waals surface area contributed by atoms with Crippen LogP contribution in [0, 0.1) is 0 Å². The molecule has 0 aliphatic carbocycles. The van der Waals surface area contributed by atoms with E-state index in [1.54, 1.807) is 0 Å². The van der Waals surface area contributed by atoms with Crippen LogP contribution in [0.3, 0.4) is 0 Å². The molecular weight excluding hydrogens is 1330 g/mol. The van der Waals surface area contributed by atoms with E-state index in [9.17, 15) is 43.2 Å². The molecule has 0 rings (SSSR count). The molecule has 0 aromatic carbocycles. The van der Waals surface area contributed by atoms with Crippen molar-refractivity contribution in [3.8, 4) is 0 Å². The van der Waals surface area contributed by atoms with E-state index >= 15 is 0 Å². The molecule has 586 valence electrons. The predicted octanol–water partition coefficient (Wildman–Crippen LogP) is 23.1. The third kappa shape index (κ3) is 73.8. The highest BCUT2D eigenvalue weighted by Crippen LogP contribution is 2.45. The maximum atomic E-state index is 13.1. The molecule has 102 heavy (non-hydrogen) atoms. The van der Waals surface area contributed by atoms with Gasteiger partial charge in [0, 0.05) is 25.7 Å². The van der Waals surface area contributed by atoms with Gasteiger partial charge in [-0.15, -0.1) is 0 Å². The molecule has 3 N–H and O–H groups in total. The summed E-state index contributed by atoms with van der Waals surface area (Å²) in [5.74, 6) is -2.27. The number of aliphatic hydroxyl groups is 1. The van der Waals surface area contributed by atoms with E-state index in [-0.39, 0.29) is 25.7 Å². The second kappa shape index (κ2) is 74.7. The summed E-state index contributed by atoms with van der Waals surface area (Å²) >= 11 is 0.